The Bertz CT molecular complexity index is 782. The van der Waals surface area contributed by atoms with Crippen molar-refractivity contribution in [3.05, 3.63) is 53.1 Å². The van der Waals surface area contributed by atoms with E-state index in [0.29, 0.717) is 23.1 Å². The van der Waals surface area contributed by atoms with Crippen molar-refractivity contribution in [2.24, 2.45) is 0 Å². The highest BCUT2D eigenvalue weighted by Gasteiger charge is 2.18. The van der Waals surface area contributed by atoms with Crippen molar-refractivity contribution in [2.75, 3.05) is 26.5 Å². The van der Waals surface area contributed by atoms with Gasteiger partial charge in [-0.25, -0.2) is 4.79 Å². The predicted molar refractivity (Wildman–Crippen MR) is 102 cm³/mol. The van der Waals surface area contributed by atoms with Crippen LogP contribution < -0.4 is 20.1 Å². The maximum absolute atomic E-state index is 12.1. The first-order valence-corrected chi connectivity index (χ1v) is 8.17. The van der Waals surface area contributed by atoms with E-state index >= 15 is 0 Å². The quantitative estimate of drug-likeness (QED) is 0.550. The van der Waals surface area contributed by atoms with E-state index in [4.69, 9.17) is 26.5 Å². The summed E-state index contributed by atoms with van der Waals surface area (Å²) >= 11 is 6.20. The molecule has 8 heteroatoms. The minimum atomic E-state index is -0.607. The van der Waals surface area contributed by atoms with Gasteiger partial charge in [-0.15, -0.1) is 0 Å². The highest BCUT2D eigenvalue weighted by Crippen LogP contribution is 2.40. The number of ether oxygens (including phenoxy) is 2. The Morgan fingerprint density at radius 1 is 1.19 bits per heavy atom. The number of hydrogen-bond acceptors (Lipinski definition) is 4. The molecule has 0 saturated carbocycles. The number of anilines is 1. The Morgan fingerprint density at radius 3 is 2.50 bits per heavy atom. The molecule has 0 radical (unpaired) electrons. The molecule has 7 nitrogen and oxygen atoms in total. The van der Waals surface area contributed by atoms with Gasteiger partial charge in [-0.05, 0) is 17.7 Å². The van der Waals surface area contributed by atoms with Crippen molar-refractivity contribution >= 4 is 29.3 Å². The van der Waals surface area contributed by atoms with Crippen molar-refractivity contribution in [1.29, 1.82) is 5.41 Å². The maximum Gasteiger partial charge on any atom is 0.326 e. The number of carbonyl (C=O) groups is 1. The average Bonchev–Trinajstić information content (AvgIpc) is 2.62. The summed E-state index contributed by atoms with van der Waals surface area (Å²) in [5.74, 6) is 0.688. The summed E-state index contributed by atoms with van der Waals surface area (Å²) in [7, 11) is 4.76. The number of nitrogens with one attached hydrogen (secondary N) is 3. The summed E-state index contributed by atoms with van der Waals surface area (Å²) in [5.41, 5.74) is 1.26. The van der Waals surface area contributed by atoms with Gasteiger partial charge in [0.25, 0.3) is 0 Å². The summed E-state index contributed by atoms with van der Waals surface area (Å²) in [6, 6.07) is 12.3. The van der Waals surface area contributed by atoms with Gasteiger partial charge in [0.05, 0.1) is 12.1 Å². The van der Waals surface area contributed by atoms with Crippen molar-refractivity contribution in [2.45, 2.75) is 6.61 Å². The Morgan fingerprint density at radius 2 is 1.88 bits per heavy atom. The van der Waals surface area contributed by atoms with Crippen LogP contribution in [0.25, 0.3) is 0 Å². The van der Waals surface area contributed by atoms with Gasteiger partial charge in [0.15, 0.2) is 17.5 Å². The van der Waals surface area contributed by atoms with Crippen LogP contribution in [-0.4, -0.2) is 38.1 Å². The minimum absolute atomic E-state index is 0.0610. The minimum Gasteiger partial charge on any atom is -0.491 e. The largest absolute Gasteiger partial charge is 0.491 e. The van der Waals surface area contributed by atoms with Crippen molar-refractivity contribution in [3.63, 3.8) is 0 Å². The predicted octanol–water partition coefficient (Wildman–Crippen LogP) is 3.55. The van der Waals surface area contributed by atoms with Crippen LogP contribution in [0.2, 0.25) is 5.02 Å². The molecular weight excluding hydrogens is 356 g/mol. The Kier molecular flexibility index (Phi) is 6.68. The highest BCUT2D eigenvalue weighted by molar-refractivity contribution is 6.34. The van der Waals surface area contributed by atoms with Crippen LogP contribution >= 0.6 is 11.6 Å². The van der Waals surface area contributed by atoms with Crippen molar-refractivity contribution in [1.82, 2.24) is 10.2 Å². The van der Waals surface area contributed by atoms with Gasteiger partial charge in [-0.3, -0.25) is 10.7 Å². The molecule has 2 aromatic rings. The zero-order valence-corrected chi connectivity index (χ0v) is 15.6. The van der Waals surface area contributed by atoms with Crippen molar-refractivity contribution in [3.8, 4) is 11.5 Å². The van der Waals surface area contributed by atoms with Gasteiger partial charge >= 0.3 is 6.03 Å². The van der Waals surface area contributed by atoms with E-state index in [9.17, 15) is 4.79 Å². The van der Waals surface area contributed by atoms with E-state index < -0.39 is 6.03 Å². The molecule has 0 aromatic heterocycles. The lowest BCUT2D eigenvalue weighted by molar-refractivity contribution is 0.255. The van der Waals surface area contributed by atoms with Crippen LogP contribution in [0.3, 0.4) is 0 Å². The molecular formula is C18H21ClN4O3. The number of hydrogen-bond donors (Lipinski definition) is 3. The number of rotatable bonds is 5. The molecule has 0 aliphatic heterocycles. The van der Waals surface area contributed by atoms with E-state index in [0.717, 1.165) is 5.56 Å². The van der Waals surface area contributed by atoms with Crippen LogP contribution in [0.5, 0.6) is 11.5 Å². The molecule has 0 saturated heterocycles. The smallest absolute Gasteiger partial charge is 0.326 e. The fourth-order valence-electron chi connectivity index (χ4n) is 2.07. The highest BCUT2D eigenvalue weighted by atomic mass is 35.5. The molecule has 0 spiro atoms. The molecule has 0 aliphatic carbocycles. The normalized spacial score (nSPS) is 10.0. The van der Waals surface area contributed by atoms with E-state index in [2.05, 4.69) is 10.6 Å². The molecule has 2 amide bonds. The number of halogens is 1. The first-order valence-electron chi connectivity index (χ1n) is 7.79. The molecule has 0 bridgehead atoms. The monoisotopic (exact) mass is 376 g/mol. The lowest BCUT2D eigenvalue weighted by Gasteiger charge is -2.18. The number of nitrogens with zero attached hydrogens (tertiary/aromatic N) is 1. The molecule has 0 heterocycles. The molecule has 2 aromatic carbocycles. The van der Waals surface area contributed by atoms with Crippen molar-refractivity contribution < 1.29 is 14.3 Å². The summed E-state index contributed by atoms with van der Waals surface area (Å²) < 4.78 is 11.2. The Labute approximate surface area is 157 Å². The van der Waals surface area contributed by atoms with E-state index in [1.165, 1.54) is 12.0 Å². The molecule has 2 rings (SSSR count). The van der Waals surface area contributed by atoms with Gasteiger partial charge in [-0.1, -0.05) is 41.9 Å². The van der Waals surface area contributed by atoms with Crippen LogP contribution in [-0.2, 0) is 6.61 Å². The average molecular weight is 377 g/mol. The topological polar surface area (TPSA) is 86.7 Å². The van der Waals surface area contributed by atoms with Gasteiger partial charge in [0.2, 0.25) is 0 Å². The first kappa shape index (κ1) is 19.4. The fraction of sp³-hybridized carbons (Fsp3) is 0.222. The van der Waals surface area contributed by atoms with Crippen LogP contribution in [0, 0.1) is 5.41 Å². The van der Waals surface area contributed by atoms with E-state index in [-0.39, 0.29) is 11.6 Å². The lowest BCUT2D eigenvalue weighted by Crippen LogP contribution is -2.41. The van der Waals surface area contributed by atoms with Gasteiger partial charge in [0, 0.05) is 14.1 Å². The molecule has 0 fully saturated rings. The standard InChI is InChI=1S/C18H21ClN4O3/c1-23(2)17(20)22-18(24)21-15-13(19)9-10-14(16(15)25-3)26-11-12-7-5-4-6-8-12/h4-10H,11H2,1-3H3,(H3,20,21,22,24). The summed E-state index contributed by atoms with van der Waals surface area (Å²) in [6.45, 7) is 0.343. The second-order valence-electron chi connectivity index (χ2n) is 5.55. The lowest BCUT2D eigenvalue weighted by atomic mass is 10.2. The second kappa shape index (κ2) is 8.96. The third-order valence-electron chi connectivity index (χ3n) is 3.43. The summed E-state index contributed by atoms with van der Waals surface area (Å²) in [5, 5.41) is 12.9. The van der Waals surface area contributed by atoms with Gasteiger partial charge in [-0.2, -0.15) is 0 Å². The SMILES string of the molecule is COc1c(OCc2ccccc2)ccc(Cl)c1NC(=O)NC(=N)N(C)C. The Hall–Kier alpha value is -2.93. The van der Waals surface area contributed by atoms with E-state index in [1.54, 1.807) is 26.2 Å². The summed E-state index contributed by atoms with van der Waals surface area (Å²) in [6.07, 6.45) is 0. The fourth-order valence-corrected chi connectivity index (χ4v) is 2.27. The molecule has 0 aliphatic rings. The molecule has 138 valence electrons. The first-order chi connectivity index (χ1) is 12.4. The Balaban J connectivity index is 2.17. The number of methoxy groups -OCH3 is 1. The second-order valence-corrected chi connectivity index (χ2v) is 5.96. The van der Waals surface area contributed by atoms with Crippen LogP contribution in [0.1, 0.15) is 5.56 Å². The zero-order chi connectivity index (χ0) is 19.1. The van der Waals surface area contributed by atoms with Gasteiger partial charge in [0.1, 0.15) is 12.3 Å². The number of urea groups is 1. The molecule has 0 atom stereocenters. The molecule has 26 heavy (non-hydrogen) atoms. The van der Waals surface area contributed by atoms with Crippen LogP contribution in [0.15, 0.2) is 42.5 Å². The maximum atomic E-state index is 12.1. The number of benzene rings is 2. The van der Waals surface area contributed by atoms with Gasteiger partial charge < -0.3 is 19.7 Å². The zero-order valence-electron chi connectivity index (χ0n) is 14.8. The number of carbonyl (C=O) groups excluding carboxylic acids is 1. The van der Waals surface area contributed by atoms with Crippen LogP contribution in [0.4, 0.5) is 10.5 Å². The van der Waals surface area contributed by atoms with E-state index in [1.807, 2.05) is 30.3 Å². The number of guanidine groups is 1. The third-order valence-corrected chi connectivity index (χ3v) is 3.74. The summed E-state index contributed by atoms with van der Waals surface area (Å²) in [4.78, 5) is 13.5. The molecule has 3 N–H and O–H groups in total. The molecule has 0 unspecified atom stereocenters. The third kappa shape index (κ3) is 5.03. The number of amides is 2.